The zero-order chi connectivity index (χ0) is 19.8. The van der Waals surface area contributed by atoms with Crippen LogP contribution in [0.2, 0.25) is 0 Å². The van der Waals surface area contributed by atoms with Crippen LogP contribution in [0.4, 0.5) is 5.95 Å². The zero-order valence-corrected chi connectivity index (χ0v) is 17.6. The van der Waals surface area contributed by atoms with Gasteiger partial charge in [-0.2, -0.15) is 0 Å². The molecule has 2 saturated heterocycles. The van der Waals surface area contributed by atoms with E-state index in [1.807, 2.05) is 6.20 Å². The summed E-state index contributed by atoms with van der Waals surface area (Å²) in [4.78, 5) is 26.6. The number of aromatic nitrogens is 2. The van der Waals surface area contributed by atoms with Gasteiger partial charge in [-0.25, -0.2) is 9.97 Å². The van der Waals surface area contributed by atoms with Crippen LogP contribution in [0.1, 0.15) is 43.2 Å². The normalized spacial score (nSPS) is 22.6. The molecular weight excluding hydrogens is 380 g/mol. The van der Waals surface area contributed by atoms with Crippen LogP contribution in [-0.2, 0) is 11.3 Å². The third-order valence-electron chi connectivity index (χ3n) is 6.53. The fraction of sp³-hybridized carbons (Fsp3) is 0.435. The number of anilines is 1. The number of fused-ring (bicyclic) bond motifs is 1. The second kappa shape index (κ2) is 7.41. The Balaban J connectivity index is 1.36. The maximum Gasteiger partial charge on any atom is 0.225 e. The number of nitrogens with zero attached hydrogens (tertiary/aromatic N) is 4. The van der Waals surface area contributed by atoms with Gasteiger partial charge in [0.2, 0.25) is 11.9 Å². The van der Waals surface area contributed by atoms with Crippen molar-refractivity contribution in [2.24, 2.45) is 0 Å². The van der Waals surface area contributed by atoms with Crippen molar-refractivity contribution in [2.45, 2.75) is 51.1 Å². The number of hydrogen-bond acceptors (Lipinski definition) is 5. The van der Waals surface area contributed by atoms with Crippen molar-refractivity contribution >= 4 is 33.4 Å². The molecular formula is C23H26N4OS. The van der Waals surface area contributed by atoms with E-state index in [-0.39, 0.29) is 5.54 Å². The summed E-state index contributed by atoms with van der Waals surface area (Å²) in [6.45, 7) is 4.66. The van der Waals surface area contributed by atoms with Crippen LogP contribution in [0.5, 0.6) is 0 Å². The van der Waals surface area contributed by atoms with E-state index in [2.05, 4.69) is 57.4 Å². The third-order valence-corrected chi connectivity index (χ3v) is 7.37. The van der Waals surface area contributed by atoms with Crippen molar-refractivity contribution < 1.29 is 4.79 Å². The second-order valence-corrected chi connectivity index (χ2v) is 9.32. The Kier molecular flexibility index (Phi) is 4.74. The van der Waals surface area contributed by atoms with Gasteiger partial charge < -0.3 is 9.80 Å². The summed E-state index contributed by atoms with van der Waals surface area (Å²) >= 11 is 1.68. The van der Waals surface area contributed by atoms with E-state index in [1.165, 1.54) is 11.1 Å². The van der Waals surface area contributed by atoms with Crippen LogP contribution < -0.4 is 4.90 Å². The summed E-state index contributed by atoms with van der Waals surface area (Å²) in [7, 11) is 0. The van der Waals surface area contributed by atoms with Crippen LogP contribution in [0, 0.1) is 6.92 Å². The van der Waals surface area contributed by atoms with Crippen molar-refractivity contribution in [2.75, 3.05) is 18.0 Å². The van der Waals surface area contributed by atoms with Gasteiger partial charge >= 0.3 is 0 Å². The number of carbonyl (C=O) groups is 1. The maximum absolute atomic E-state index is 12.8. The predicted octanol–water partition coefficient (Wildman–Crippen LogP) is 4.55. The minimum atomic E-state index is -0.0246. The van der Waals surface area contributed by atoms with Crippen molar-refractivity contribution in [1.29, 1.82) is 0 Å². The number of thiophene rings is 1. The standard InChI is InChI=1S/C23H26N4OS/c1-17-3-5-18(6-4-17)16-27-21(28)7-10-23(27)9-2-12-26(13-11-23)22-24-15-20-19(25-22)8-14-29-20/h3-6,8,14-15H,2,7,9-13,16H2,1H3/t23-/m1/s1. The zero-order valence-electron chi connectivity index (χ0n) is 16.8. The Labute approximate surface area is 175 Å². The molecule has 6 heteroatoms. The van der Waals surface area contributed by atoms with Crippen molar-refractivity contribution in [1.82, 2.24) is 14.9 Å². The van der Waals surface area contributed by atoms with Crippen LogP contribution in [-0.4, -0.2) is 39.4 Å². The van der Waals surface area contributed by atoms with Crippen LogP contribution in [0.15, 0.2) is 41.9 Å². The molecule has 2 aromatic heterocycles. The van der Waals surface area contributed by atoms with Crippen molar-refractivity contribution in [3.63, 3.8) is 0 Å². The van der Waals surface area contributed by atoms with Gasteiger partial charge in [0, 0.05) is 31.6 Å². The molecule has 1 atom stereocenters. The van der Waals surface area contributed by atoms with Gasteiger partial charge in [0.25, 0.3) is 0 Å². The molecule has 29 heavy (non-hydrogen) atoms. The van der Waals surface area contributed by atoms with Gasteiger partial charge in [0.1, 0.15) is 0 Å². The SMILES string of the molecule is Cc1ccc(CN2C(=O)CC[C@@]23CCCN(c2ncc4sccc4n2)CC3)cc1. The number of benzene rings is 1. The molecule has 2 fully saturated rings. The molecule has 3 aromatic rings. The molecule has 4 heterocycles. The van der Waals surface area contributed by atoms with Gasteiger partial charge in [0.05, 0.1) is 16.4 Å². The Morgan fingerprint density at radius 1 is 1.10 bits per heavy atom. The number of aryl methyl sites for hydroxylation is 1. The first-order valence-electron chi connectivity index (χ1n) is 10.4. The fourth-order valence-corrected chi connectivity index (χ4v) is 5.50. The summed E-state index contributed by atoms with van der Waals surface area (Å²) in [5.74, 6) is 1.12. The van der Waals surface area contributed by atoms with Gasteiger partial charge in [0.15, 0.2) is 0 Å². The van der Waals surface area contributed by atoms with Gasteiger partial charge in [-0.1, -0.05) is 29.8 Å². The van der Waals surface area contributed by atoms with Crippen LogP contribution >= 0.6 is 11.3 Å². The van der Waals surface area contributed by atoms with E-state index in [9.17, 15) is 4.79 Å². The van der Waals surface area contributed by atoms with E-state index in [0.29, 0.717) is 12.3 Å². The Bertz CT molecular complexity index is 1030. The molecule has 2 aliphatic rings. The first-order chi connectivity index (χ1) is 14.1. The molecule has 5 nitrogen and oxygen atoms in total. The average Bonchev–Trinajstić information content (AvgIpc) is 3.24. The molecule has 0 N–H and O–H groups in total. The lowest BCUT2D eigenvalue weighted by Gasteiger charge is -2.38. The van der Waals surface area contributed by atoms with E-state index in [4.69, 9.17) is 4.98 Å². The highest BCUT2D eigenvalue weighted by Gasteiger charge is 2.45. The van der Waals surface area contributed by atoms with Crippen LogP contribution in [0.3, 0.4) is 0 Å². The van der Waals surface area contributed by atoms with Gasteiger partial charge in [-0.3, -0.25) is 4.79 Å². The lowest BCUT2D eigenvalue weighted by Crippen LogP contribution is -2.46. The highest BCUT2D eigenvalue weighted by molar-refractivity contribution is 7.17. The van der Waals surface area contributed by atoms with E-state index >= 15 is 0 Å². The van der Waals surface area contributed by atoms with Gasteiger partial charge in [-0.05, 0) is 49.6 Å². The molecule has 0 bridgehead atoms. The number of hydrogen-bond donors (Lipinski definition) is 0. The number of likely N-dealkylation sites (tertiary alicyclic amines) is 1. The number of carbonyl (C=O) groups excluding carboxylic acids is 1. The predicted molar refractivity (Wildman–Crippen MR) is 117 cm³/mol. The minimum absolute atomic E-state index is 0.0246. The smallest absolute Gasteiger partial charge is 0.225 e. The second-order valence-electron chi connectivity index (χ2n) is 8.37. The molecule has 1 aromatic carbocycles. The topological polar surface area (TPSA) is 49.3 Å². The van der Waals surface area contributed by atoms with Gasteiger partial charge in [-0.15, -0.1) is 11.3 Å². The average molecular weight is 407 g/mol. The summed E-state index contributed by atoms with van der Waals surface area (Å²) in [5.41, 5.74) is 3.47. The minimum Gasteiger partial charge on any atom is -0.341 e. The molecule has 1 amide bonds. The van der Waals surface area contributed by atoms with E-state index < -0.39 is 0 Å². The molecule has 0 radical (unpaired) electrons. The number of amides is 1. The van der Waals surface area contributed by atoms with E-state index in [1.54, 1.807) is 11.3 Å². The molecule has 1 spiro atoms. The van der Waals surface area contributed by atoms with Crippen molar-refractivity contribution in [3.8, 4) is 0 Å². The molecule has 5 rings (SSSR count). The summed E-state index contributed by atoms with van der Waals surface area (Å²) in [6, 6.07) is 10.6. The Morgan fingerprint density at radius 2 is 1.97 bits per heavy atom. The quantitative estimate of drug-likeness (QED) is 0.640. The third kappa shape index (κ3) is 3.50. The molecule has 150 valence electrons. The summed E-state index contributed by atoms with van der Waals surface area (Å²) in [5, 5.41) is 2.06. The lowest BCUT2D eigenvalue weighted by molar-refractivity contribution is -0.132. The van der Waals surface area contributed by atoms with Crippen LogP contribution in [0.25, 0.3) is 10.2 Å². The van der Waals surface area contributed by atoms with Crippen molar-refractivity contribution in [3.05, 3.63) is 53.0 Å². The fourth-order valence-electron chi connectivity index (χ4n) is 4.81. The van der Waals surface area contributed by atoms with E-state index in [0.717, 1.165) is 61.5 Å². The Hall–Kier alpha value is -2.47. The monoisotopic (exact) mass is 406 g/mol. The summed E-state index contributed by atoms with van der Waals surface area (Å²) < 4.78 is 1.13. The largest absolute Gasteiger partial charge is 0.341 e. The molecule has 0 aliphatic carbocycles. The Morgan fingerprint density at radius 3 is 2.83 bits per heavy atom. The molecule has 0 saturated carbocycles. The number of rotatable bonds is 3. The maximum atomic E-state index is 12.8. The molecule has 2 aliphatic heterocycles. The lowest BCUT2D eigenvalue weighted by atomic mass is 9.87. The molecule has 0 unspecified atom stereocenters. The highest BCUT2D eigenvalue weighted by Crippen LogP contribution is 2.40. The first kappa shape index (κ1) is 18.6. The highest BCUT2D eigenvalue weighted by atomic mass is 32.1. The first-order valence-corrected chi connectivity index (χ1v) is 11.3. The summed E-state index contributed by atoms with van der Waals surface area (Å²) in [6.07, 6.45) is 6.67.